The van der Waals surface area contributed by atoms with Crippen LogP contribution in [0.3, 0.4) is 0 Å². The number of aryl methyl sites for hydroxylation is 1. The topological polar surface area (TPSA) is 49.3 Å². The van der Waals surface area contributed by atoms with Crippen molar-refractivity contribution in [3.63, 3.8) is 0 Å². The molecule has 0 amide bonds. The number of halogens is 3. The maximum Gasteiger partial charge on any atom is 0.191 e. The average molecular weight is 452 g/mol. The first-order valence-corrected chi connectivity index (χ1v) is 7.64. The van der Waals surface area contributed by atoms with Crippen LogP contribution in [-0.2, 0) is 6.54 Å². The van der Waals surface area contributed by atoms with E-state index in [1.165, 1.54) is 12.1 Å². The molecule has 1 aromatic carbocycles. The van der Waals surface area contributed by atoms with Gasteiger partial charge in [0.2, 0.25) is 0 Å². The minimum Gasteiger partial charge on any atom is -0.350 e. The summed E-state index contributed by atoms with van der Waals surface area (Å²) in [5.41, 5.74) is 0.384. The summed E-state index contributed by atoms with van der Waals surface area (Å²) in [6.07, 6.45) is 1.81. The zero-order valence-corrected chi connectivity index (χ0v) is 16.2. The van der Waals surface area contributed by atoms with Gasteiger partial charge in [0.25, 0.3) is 0 Å². The monoisotopic (exact) mass is 452 g/mol. The van der Waals surface area contributed by atoms with Crippen LogP contribution in [0.4, 0.5) is 8.78 Å². The van der Waals surface area contributed by atoms with Crippen molar-refractivity contribution in [2.75, 3.05) is 7.05 Å². The smallest absolute Gasteiger partial charge is 0.191 e. The molecule has 0 aliphatic heterocycles. The van der Waals surface area contributed by atoms with E-state index in [0.29, 0.717) is 18.1 Å². The Balaban J connectivity index is 0.00000264. The van der Waals surface area contributed by atoms with Gasteiger partial charge in [0.15, 0.2) is 5.96 Å². The van der Waals surface area contributed by atoms with Crippen LogP contribution < -0.4 is 10.6 Å². The number of aliphatic imine (C=N–C) groups is 1. The van der Waals surface area contributed by atoms with E-state index in [2.05, 4.69) is 20.6 Å². The van der Waals surface area contributed by atoms with E-state index in [0.717, 1.165) is 16.0 Å². The summed E-state index contributed by atoms with van der Waals surface area (Å²) < 4.78 is 26.7. The summed E-state index contributed by atoms with van der Waals surface area (Å²) in [6, 6.07) is 3.21. The van der Waals surface area contributed by atoms with Crippen LogP contribution >= 0.6 is 35.3 Å². The molecular formula is C15H19F2IN4S. The van der Waals surface area contributed by atoms with Gasteiger partial charge in [-0.2, -0.15) is 0 Å². The Labute approximate surface area is 155 Å². The van der Waals surface area contributed by atoms with E-state index < -0.39 is 11.6 Å². The maximum atomic E-state index is 13.8. The lowest BCUT2D eigenvalue weighted by Gasteiger charge is -2.18. The van der Waals surface area contributed by atoms with Crippen molar-refractivity contribution in [2.45, 2.75) is 26.4 Å². The number of rotatable bonds is 4. The molecule has 2 N–H and O–H groups in total. The SMILES string of the molecule is CN=C(NCc1ncc(C)s1)NC(C)c1ccc(F)cc1F.I. The first kappa shape index (κ1) is 19.8. The average Bonchev–Trinajstić information content (AvgIpc) is 2.88. The summed E-state index contributed by atoms with van der Waals surface area (Å²) in [6.45, 7) is 4.32. The fourth-order valence-corrected chi connectivity index (χ4v) is 2.70. The van der Waals surface area contributed by atoms with Crippen molar-refractivity contribution in [1.29, 1.82) is 0 Å². The predicted octanol–water partition coefficient (Wildman–Crippen LogP) is 3.77. The second-order valence-corrected chi connectivity index (χ2v) is 6.14. The molecule has 0 aliphatic rings. The molecule has 8 heteroatoms. The van der Waals surface area contributed by atoms with Crippen molar-refractivity contribution in [2.24, 2.45) is 4.99 Å². The number of aromatic nitrogens is 1. The Morgan fingerprint density at radius 3 is 2.70 bits per heavy atom. The second kappa shape index (κ2) is 9.11. The molecule has 1 atom stereocenters. The Kier molecular flexibility index (Phi) is 7.83. The van der Waals surface area contributed by atoms with Gasteiger partial charge < -0.3 is 10.6 Å². The van der Waals surface area contributed by atoms with Crippen LogP contribution in [0.25, 0.3) is 0 Å². The first-order chi connectivity index (χ1) is 10.5. The number of nitrogens with one attached hydrogen (secondary N) is 2. The van der Waals surface area contributed by atoms with Gasteiger partial charge >= 0.3 is 0 Å². The molecule has 23 heavy (non-hydrogen) atoms. The largest absolute Gasteiger partial charge is 0.350 e. The minimum atomic E-state index is -0.588. The van der Waals surface area contributed by atoms with Gasteiger partial charge in [0.1, 0.15) is 16.6 Å². The van der Waals surface area contributed by atoms with Gasteiger partial charge in [-0.05, 0) is 19.9 Å². The predicted molar refractivity (Wildman–Crippen MR) is 100 cm³/mol. The molecule has 0 spiro atoms. The zero-order chi connectivity index (χ0) is 16.1. The third-order valence-corrected chi connectivity index (χ3v) is 3.99. The van der Waals surface area contributed by atoms with Crippen molar-refractivity contribution in [3.8, 4) is 0 Å². The van der Waals surface area contributed by atoms with Crippen molar-refractivity contribution in [3.05, 3.63) is 51.5 Å². The van der Waals surface area contributed by atoms with Crippen LogP contribution in [0, 0.1) is 18.6 Å². The lowest BCUT2D eigenvalue weighted by molar-refractivity contribution is 0.550. The third kappa shape index (κ3) is 5.69. The highest BCUT2D eigenvalue weighted by Crippen LogP contribution is 2.17. The zero-order valence-electron chi connectivity index (χ0n) is 13.1. The molecule has 4 nitrogen and oxygen atoms in total. The van der Waals surface area contributed by atoms with Crippen LogP contribution in [-0.4, -0.2) is 18.0 Å². The van der Waals surface area contributed by atoms with Gasteiger partial charge in [0.05, 0.1) is 12.6 Å². The number of guanidine groups is 1. The number of hydrogen-bond donors (Lipinski definition) is 2. The van der Waals surface area contributed by atoms with Gasteiger partial charge in [-0.15, -0.1) is 35.3 Å². The molecule has 1 aromatic heterocycles. The summed E-state index contributed by atoms with van der Waals surface area (Å²) in [7, 11) is 1.64. The highest BCUT2D eigenvalue weighted by atomic mass is 127. The molecule has 2 rings (SSSR count). The normalized spacial score (nSPS) is 12.5. The summed E-state index contributed by atoms with van der Waals surface area (Å²) >= 11 is 1.60. The fraction of sp³-hybridized carbons (Fsp3) is 0.333. The van der Waals surface area contributed by atoms with Gasteiger partial charge in [0, 0.05) is 29.8 Å². The van der Waals surface area contributed by atoms with E-state index in [9.17, 15) is 8.78 Å². The molecule has 126 valence electrons. The maximum absolute atomic E-state index is 13.8. The minimum absolute atomic E-state index is 0. The van der Waals surface area contributed by atoms with Crippen molar-refractivity contribution < 1.29 is 8.78 Å². The molecule has 0 saturated carbocycles. The number of hydrogen-bond acceptors (Lipinski definition) is 3. The van der Waals surface area contributed by atoms with Crippen LogP contribution in [0.5, 0.6) is 0 Å². The van der Waals surface area contributed by atoms with Crippen LogP contribution in [0.1, 0.15) is 28.4 Å². The Morgan fingerprint density at radius 2 is 2.13 bits per heavy atom. The van der Waals surface area contributed by atoms with Gasteiger partial charge in [-0.25, -0.2) is 13.8 Å². The van der Waals surface area contributed by atoms with Gasteiger partial charge in [-0.3, -0.25) is 4.99 Å². The Bertz CT molecular complexity index is 675. The molecule has 0 saturated heterocycles. The summed E-state index contributed by atoms with van der Waals surface area (Å²) in [5.74, 6) is -0.634. The molecule has 2 aromatic rings. The molecular weight excluding hydrogens is 433 g/mol. The van der Waals surface area contributed by atoms with E-state index in [1.807, 2.05) is 13.1 Å². The fourth-order valence-electron chi connectivity index (χ4n) is 1.97. The summed E-state index contributed by atoms with van der Waals surface area (Å²) in [4.78, 5) is 9.49. The standard InChI is InChI=1S/C15H18F2N4S.HI/c1-9-7-19-14(22-9)8-20-15(18-3)21-10(2)12-5-4-11(16)6-13(12)17;/h4-7,10H,8H2,1-3H3,(H2,18,20,21);1H. The molecule has 1 unspecified atom stereocenters. The first-order valence-electron chi connectivity index (χ1n) is 6.83. The van der Waals surface area contributed by atoms with Crippen molar-refractivity contribution in [1.82, 2.24) is 15.6 Å². The van der Waals surface area contributed by atoms with E-state index in [-0.39, 0.29) is 30.0 Å². The van der Waals surface area contributed by atoms with E-state index >= 15 is 0 Å². The van der Waals surface area contributed by atoms with Gasteiger partial charge in [-0.1, -0.05) is 6.07 Å². The van der Waals surface area contributed by atoms with Crippen LogP contribution in [0.15, 0.2) is 29.4 Å². The highest BCUT2D eigenvalue weighted by Gasteiger charge is 2.13. The molecule has 1 heterocycles. The lowest BCUT2D eigenvalue weighted by atomic mass is 10.1. The number of nitrogens with zero attached hydrogens (tertiary/aromatic N) is 2. The Morgan fingerprint density at radius 1 is 1.39 bits per heavy atom. The van der Waals surface area contributed by atoms with Crippen LogP contribution in [0.2, 0.25) is 0 Å². The highest BCUT2D eigenvalue weighted by molar-refractivity contribution is 14.0. The second-order valence-electron chi connectivity index (χ2n) is 4.82. The number of thiazole rings is 1. The van der Waals surface area contributed by atoms with E-state index in [1.54, 1.807) is 25.3 Å². The third-order valence-electron chi connectivity index (χ3n) is 3.08. The molecule has 0 radical (unpaired) electrons. The molecule has 0 fully saturated rings. The Hall–Kier alpha value is -1.29. The quantitative estimate of drug-likeness (QED) is 0.422. The molecule has 0 aliphatic carbocycles. The van der Waals surface area contributed by atoms with Crippen molar-refractivity contribution >= 4 is 41.3 Å². The number of benzene rings is 1. The van der Waals surface area contributed by atoms with E-state index in [4.69, 9.17) is 0 Å². The molecule has 0 bridgehead atoms. The lowest BCUT2D eigenvalue weighted by Crippen LogP contribution is -2.38. The summed E-state index contributed by atoms with van der Waals surface area (Å²) in [5, 5.41) is 7.14.